The number of pyridine rings is 1. The average Bonchev–Trinajstić information content (AvgIpc) is 2.73. The van der Waals surface area contributed by atoms with Crippen molar-refractivity contribution < 1.29 is 0 Å². The highest BCUT2D eigenvalue weighted by atomic mass is 15.3. The minimum absolute atomic E-state index is 0.998. The third-order valence-corrected chi connectivity index (χ3v) is 6.41. The Morgan fingerprint density at radius 3 is 1.93 bits per heavy atom. The number of hydrogen-bond acceptors (Lipinski definition) is 3. The molecule has 0 radical (unpaired) electrons. The SMILES string of the molecule is Cc1cccc(CN2CCN(Cc3ccnc(-c4cc(C)c(C)c(C)c4)c3)CC2)c1. The molecule has 0 N–H and O–H groups in total. The van der Waals surface area contributed by atoms with Gasteiger partial charge in [-0.3, -0.25) is 14.8 Å². The molecule has 0 aliphatic carbocycles. The van der Waals surface area contributed by atoms with Crippen LogP contribution in [0, 0.1) is 27.7 Å². The summed E-state index contributed by atoms with van der Waals surface area (Å²) in [5.74, 6) is 0. The maximum atomic E-state index is 4.65. The molecular formula is C27H33N3. The van der Waals surface area contributed by atoms with E-state index in [-0.39, 0.29) is 0 Å². The molecule has 2 heterocycles. The number of benzene rings is 2. The van der Waals surface area contributed by atoms with Gasteiger partial charge in [0, 0.05) is 51.0 Å². The molecule has 1 aliphatic heterocycles. The van der Waals surface area contributed by atoms with Crippen molar-refractivity contribution in [1.82, 2.24) is 14.8 Å². The molecule has 0 unspecified atom stereocenters. The van der Waals surface area contributed by atoms with Gasteiger partial charge in [-0.15, -0.1) is 0 Å². The lowest BCUT2D eigenvalue weighted by atomic mass is 9.98. The predicted octanol–water partition coefficient (Wildman–Crippen LogP) is 5.30. The standard InChI is InChI=1S/C27H33N3/c1-20-6-5-7-24(14-20)18-29-10-12-30(13-11-29)19-25-8-9-28-27(17-25)26-15-21(2)23(4)22(3)16-26/h5-9,14-17H,10-13,18-19H2,1-4H3. The molecule has 3 nitrogen and oxygen atoms in total. The first kappa shape index (κ1) is 20.8. The molecule has 2 aromatic carbocycles. The van der Waals surface area contributed by atoms with Crippen LogP contribution < -0.4 is 0 Å². The van der Waals surface area contributed by atoms with E-state index in [0.717, 1.165) is 45.0 Å². The number of aromatic nitrogens is 1. The van der Waals surface area contributed by atoms with E-state index in [1.165, 1.54) is 38.9 Å². The van der Waals surface area contributed by atoms with Crippen molar-refractivity contribution in [2.45, 2.75) is 40.8 Å². The van der Waals surface area contributed by atoms with Gasteiger partial charge < -0.3 is 0 Å². The fourth-order valence-corrected chi connectivity index (χ4v) is 4.35. The summed E-state index contributed by atoms with van der Waals surface area (Å²) in [6, 6.07) is 17.8. The minimum atomic E-state index is 0.998. The van der Waals surface area contributed by atoms with Crippen LogP contribution in [0.2, 0.25) is 0 Å². The van der Waals surface area contributed by atoms with Crippen LogP contribution in [0.15, 0.2) is 54.7 Å². The Bertz CT molecular complexity index is 993. The normalized spacial score (nSPS) is 15.5. The van der Waals surface area contributed by atoms with Gasteiger partial charge in [0.05, 0.1) is 5.69 Å². The Morgan fingerprint density at radius 2 is 1.33 bits per heavy atom. The first-order valence-corrected chi connectivity index (χ1v) is 11.0. The van der Waals surface area contributed by atoms with E-state index < -0.39 is 0 Å². The number of hydrogen-bond donors (Lipinski definition) is 0. The molecule has 1 fully saturated rings. The van der Waals surface area contributed by atoms with Crippen LogP contribution in [0.25, 0.3) is 11.3 Å². The summed E-state index contributed by atoms with van der Waals surface area (Å²) in [5, 5.41) is 0. The quantitative estimate of drug-likeness (QED) is 0.580. The highest BCUT2D eigenvalue weighted by molar-refractivity contribution is 5.63. The highest BCUT2D eigenvalue weighted by Gasteiger charge is 2.17. The average molecular weight is 400 g/mol. The fourth-order valence-electron chi connectivity index (χ4n) is 4.35. The Morgan fingerprint density at radius 1 is 0.733 bits per heavy atom. The Labute approximate surface area is 181 Å². The molecule has 1 aliphatic rings. The number of nitrogens with zero attached hydrogens (tertiary/aromatic N) is 3. The van der Waals surface area contributed by atoms with Crippen molar-refractivity contribution in [2.24, 2.45) is 0 Å². The van der Waals surface area contributed by atoms with Gasteiger partial charge in [-0.1, -0.05) is 29.8 Å². The molecular weight excluding hydrogens is 366 g/mol. The van der Waals surface area contributed by atoms with E-state index in [1.807, 2.05) is 6.20 Å². The lowest BCUT2D eigenvalue weighted by Gasteiger charge is -2.34. The molecule has 3 aromatic rings. The molecule has 0 bridgehead atoms. The van der Waals surface area contributed by atoms with E-state index >= 15 is 0 Å². The molecule has 30 heavy (non-hydrogen) atoms. The summed E-state index contributed by atoms with van der Waals surface area (Å²) in [6.07, 6.45) is 1.96. The van der Waals surface area contributed by atoms with Crippen molar-refractivity contribution in [3.05, 3.63) is 88.1 Å². The van der Waals surface area contributed by atoms with Gasteiger partial charge in [-0.25, -0.2) is 0 Å². The molecule has 4 rings (SSSR count). The summed E-state index contributed by atoms with van der Waals surface area (Å²) < 4.78 is 0. The van der Waals surface area contributed by atoms with Crippen molar-refractivity contribution in [3.63, 3.8) is 0 Å². The van der Waals surface area contributed by atoms with Crippen LogP contribution in [0.1, 0.15) is 33.4 Å². The summed E-state index contributed by atoms with van der Waals surface area (Å²) in [7, 11) is 0. The Balaban J connectivity index is 1.37. The lowest BCUT2D eigenvalue weighted by Crippen LogP contribution is -2.45. The van der Waals surface area contributed by atoms with Crippen molar-refractivity contribution in [2.75, 3.05) is 26.2 Å². The number of aryl methyl sites for hydroxylation is 3. The van der Waals surface area contributed by atoms with Crippen LogP contribution in [-0.4, -0.2) is 41.0 Å². The van der Waals surface area contributed by atoms with Crippen molar-refractivity contribution in [1.29, 1.82) is 0 Å². The van der Waals surface area contributed by atoms with E-state index in [4.69, 9.17) is 0 Å². The molecule has 1 saturated heterocycles. The minimum Gasteiger partial charge on any atom is -0.297 e. The van der Waals surface area contributed by atoms with Crippen LogP contribution in [0.4, 0.5) is 0 Å². The van der Waals surface area contributed by atoms with Gasteiger partial charge in [0.2, 0.25) is 0 Å². The highest BCUT2D eigenvalue weighted by Crippen LogP contribution is 2.24. The molecule has 0 amide bonds. The van der Waals surface area contributed by atoms with Crippen LogP contribution in [0.3, 0.4) is 0 Å². The zero-order valence-electron chi connectivity index (χ0n) is 18.8. The molecule has 1 aromatic heterocycles. The van der Waals surface area contributed by atoms with Crippen LogP contribution in [0.5, 0.6) is 0 Å². The molecule has 0 saturated carbocycles. The Kier molecular flexibility index (Phi) is 6.31. The van der Waals surface area contributed by atoms with Gasteiger partial charge in [0.1, 0.15) is 0 Å². The van der Waals surface area contributed by atoms with Gasteiger partial charge >= 0.3 is 0 Å². The van der Waals surface area contributed by atoms with E-state index in [2.05, 4.69) is 91.0 Å². The van der Waals surface area contributed by atoms with Crippen molar-refractivity contribution >= 4 is 0 Å². The van der Waals surface area contributed by atoms with Gasteiger partial charge in [0.25, 0.3) is 0 Å². The monoisotopic (exact) mass is 399 g/mol. The van der Waals surface area contributed by atoms with Gasteiger partial charge in [0.15, 0.2) is 0 Å². The zero-order valence-corrected chi connectivity index (χ0v) is 18.8. The molecule has 0 spiro atoms. The van der Waals surface area contributed by atoms with Gasteiger partial charge in [-0.2, -0.15) is 0 Å². The first-order valence-electron chi connectivity index (χ1n) is 11.0. The molecule has 0 atom stereocenters. The third kappa shape index (κ3) is 4.97. The fraction of sp³-hybridized carbons (Fsp3) is 0.370. The molecule has 156 valence electrons. The van der Waals surface area contributed by atoms with Crippen LogP contribution in [-0.2, 0) is 13.1 Å². The van der Waals surface area contributed by atoms with Crippen LogP contribution >= 0.6 is 0 Å². The summed E-state index contributed by atoms with van der Waals surface area (Å²) in [4.78, 5) is 9.79. The first-order chi connectivity index (χ1) is 14.5. The largest absolute Gasteiger partial charge is 0.297 e. The lowest BCUT2D eigenvalue weighted by molar-refractivity contribution is 0.122. The van der Waals surface area contributed by atoms with E-state index in [9.17, 15) is 0 Å². The third-order valence-electron chi connectivity index (χ3n) is 6.41. The maximum absolute atomic E-state index is 4.65. The molecule has 3 heteroatoms. The van der Waals surface area contributed by atoms with E-state index in [0.29, 0.717) is 0 Å². The smallest absolute Gasteiger partial charge is 0.0705 e. The summed E-state index contributed by atoms with van der Waals surface area (Å²) in [6.45, 7) is 15.3. The topological polar surface area (TPSA) is 19.4 Å². The summed E-state index contributed by atoms with van der Waals surface area (Å²) in [5.41, 5.74) is 10.5. The predicted molar refractivity (Wildman–Crippen MR) is 126 cm³/mol. The van der Waals surface area contributed by atoms with E-state index in [1.54, 1.807) is 0 Å². The Hall–Kier alpha value is -2.49. The second-order valence-electron chi connectivity index (χ2n) is 8.83. The second kappa shape index (κ2) is 9.11. The number of rotatable bonds is 5. The second-order valence-corrected chi connectivity index (χ2v) is 8.83. The zero-order chi connectivity index (χ0) is 21.1. The van der Waals surface area contributed by atoms with Gasteiger partial charge in [-0.05, 0) is 79.8 Å². The summed E-state index contributed by atoms with van der Waals surface area (Å²) >= 11 is 0. The number of piperazine rings is 1. The van der Waals surface area contributed by atoms with Crippen molar-refractivity contribution in [3.8, 4) is 11.3 Å². The maximum Gasteiger partial charge on any atom is 0.0705 e.